The van der Waals surface area contributed by atoms with Crippen molar-refractivity contribution >= 4 is 11.7 Å². The number of alkyl halides is 3. The molecule has 0 radical (unpaired) electrons. The molecular weight excluding hydrogens is 424 g/mol. The number of ketones is 1. The van der Waals surface area contributed by atoms with E-state index in [2.05, 4.69) is 25.0 Å². The summed E-state index contributed by atoms with van der Waals surface area (Å²) in [6.45, 7) is -1.96. The largest absolute Gasteiger partial charge is 0.481 e. The molecular formula is C19H18F4N4O4. The number of aromatic nitrogens is 3. The number of nitrogens with zero attached hydrogens (tertiary/aromatic N) is 3. The van der Waals surface area contributed by atoms with Gasteiger partial charge < -0.3 is 14.8 Å². The minimum absolute atomic E-state index is 0.00567. The third kappa shape index (κ3) is 6.33. The molecule has 0 bridgehead atoms. The van der Waals surface area contributed by atoms with Gasteiger partial charge in [0.05, 0.1) is 13.5 Å². The maximum Gasteiger partial charge on any atom is 0.422 e. The summed E-state index contributed by atoms with van der Waals surface area (Å²) in [4.78, 5) is 35.9. The van der Waals surface area contributed by atoms with E-state index in [1.54, 1.807) is 0 Å². The molecule has 0 aliphatic heterocycles. The second-order valence-corrected chi connectivity index (χ2v) is 6.81. The Labute approximate surface area is 174 Å². The molecule has 166 valence electrons. The van der Waals surface area contributed by atoms with Crippen LogP contribution >= 0.6 is 0 Å². The number of methoxy groups -OCH3 is 1. The number of hydrogen-bond donors (Lipinski definition) is 1. The monoisotopic (exact) mass is 442 g/mol. The Morgan fingerprint density at radius 2 is 1.97 bits per heavy atom. The zero-order chi connectivity index (χ0) is 22.6. The van der Waals surface area contributed by atoms with E-state index in [9.17, 15) is 27.2 Å². The van der Waals surface area contributed by atoms with Gasteiger partial charge in [-0.2, -0.15) is 18.2 Å². The first kappa shape index (κ1) is 22.4. The number of hydrogen-bond acceptors (Lipinski definition) is 7. The Morgan fingerprint density at radius 1 is 1.23 bits per heavy atom. The average molecular weight is 442 g/mol. The normalized spacial score (nSPS) is 13.6. The Hall–Kier alpha value is -3.31. The number of pyridine rings is 1. The Bertz CT molecular complexity index is 980. The molecule has 2 aromatic rings. The fourth-order valence-corrected chi connectivity index (χ4v) is 2.63. The third-order valence-corrected chi connectivity index (χ3v) is 4.29. The van der Waals surface area contributed by atoms with Crippen LogP contribution in [0.1, 0.15) is 34.7 Å². The van der Waals surface area contributed by atoms with E-state index in [4.69, 9.17) is 4.74 Å². The fourth-order valence-electron chi connectivity index (χ4n) is 2.63. The van der Waals surface area contributed by atoms with Gasteiger partial charge in [0.15, 0.2) is 12.4 Å². The first-order valence-corrected chi connectivity index (χ1v) is 9.22. The number of ether oxygens (including phenoxy) is 2. The summed E-state index contributed by atoms with van der Waals surface area (Å²) in [6.07, 6.45) is -1.56. The smallest absolute Gasteiger partial charge is 0.422 e. The average Bonchev–Trinajstić information content (AvgIpc) is 3.56. The van der Waals surface area contributed by atoms with Crippen molar-refractivity contribution in [3.63, 3.8) is 0 Å². The van der Waals surface area contributed by atoms with Crippen LogP contribution in [0.4, 0.5) is 17.6 Å². The number of rotatable bonds is 9. The highest BCUT2D eigenvalue weighted by Crippen LogP contribution is 2.30. The minimum Gasteiger partial charge on any atom is -0.481 e. The van der Waals surface area contributed by atoms with E-state index >= 15 is 0 Å². The predicted molar refractivity (Wildman–Crippen MR) is 96.9 cm³/mol. The Kier molecular flexibility index (Phi) is 6.66. The van der Waals surface area contributed by atoms with Gasteiger partial charge >= 0.3 is 6.18 Å². The Balaban J connectivity index is 1.65. The van der Waals surface area contributed by atoms with E-state index in [1.807, 2.05) is 0 Å². The molecule has 0 atom stereocenters. The SMILES string of the molecule is COc1nc(OCC(F)(F)F)c(F)cc1CNC(=O)c1ccnc(CC(=O)C2CC2)n1. The van der Waals surface area contributed by atoms with Crippen molar-refractivity contribution in [1.29, 1.82) is 0 Å². The lowest BCUT2D eigenvalue weighted by molar-refractivity contribution is -0.154. The lowest BCUT2D eigenvalue weighted by atomic mass is 10.2. The van der Waals surface area contributed by atoms with E-state index in [1.165, 1.54) is 19.4 Å². The maximum atomic E-state index is 14.1. The van der Waals surface area contributed by atoms with Gasteiger partial charge in [-0.15, -0.1) is 0 Å². The van der Waals surface area contributed by atoms with Gasteiger partial charge in [-0.05, 0) is 25.0 Å². The Morgan fingerprint density at radius 3 is 2.61 bits per heavy atom. The summed E-state index contributed by atoms with van der Waals surface area (Å²) in [7, 11) is 1.19. The molecule has 1 fully saturated rings. The molecule has 0 unspecified atom stereocenters. The van der Waals surface area contributed by atoms with E-state index in [-0.39, 0.29) is 47.6 Å². The summed E-state index contributed by atoms with van der Waals surface area (Å²) in [6, 6.07) is 2.21. The highest BCUT2D eigenvalue weighted by Gasteiger charge is 2.30. The number of carbonyl (C=O) groups excluding carboxylic acids is 2. The third-order valence-electron chi connectivity index (χ3n) is 4.29. The standard InChI is InChI=1S/C19H18F4N4O4/c1-30-17-11(6-12(20)18(27-17)31-9-19(21,22)23)8-25-16(29)13-4-5-24-15(26-13)7-14(28)10-2-3-10/h4-6,10H,2-3,7-9H2,1H3,(H,25,29). The molecule has 2 heterocycles. The summed E-state index contributed by atoms with van der Waals surface area (Å²) in [5.74, 6) is -2.56. The molecule has 3 rings (SSSR count). The van der Waals surface area contributed by atoms with Crippen LogP contribution in [0.2, 0.25) is 0 Å². The van der Waals surface area contributed by atoms with Crippen LogP contribution in [0.5, 0.6) is 11.8 Å². The van der Waals surface area contributed by atoms with Crippen molar-refractivity contribution in [2.75, 3.05) is 13.7 Å². The molecule has 12 heteroatoms. The molecule has 1 saturated carbocycles. The number of carbonyl (C=O) groups is 2. The summed E-state index contributed by atoms with van der Waals surface area (Å²) in [5, 5.41) is 2.49. The minimum atomic E-state index is -4.66. The van der Waals surface area contributed by atoms with Gasteiger partial charge in [-0.25, -0.2) is 14.4 Å². The van der Waals surface area contributed by atoms with Gasteiger partial charge in [0.2, 0.25) is 5.88 Å². The van der Waals surface area contributed by atoms with Crippen LogP contribution in [0.3, 0.4) is 0 Å². The molecule has 0 saturated heterocycles. The number of nitrogens with one attached hydrogen (secondary N) is 1. The lowest BCUT2D eigenvalue weighted by Gasteiger charge is -2.13. The fraction of sp³-hybridized carbons (Fsp3) is 0.421. The highest BCUT2D eigenvalue weighted by molar-refractivity contribution is 5.92. The topological polar surface area (TPSA) is 103 Å². The molecule has 1 N–H and O–H groups in total. The van der Waals surface area contributed by atoms with Crippen molar-refractivity contribution in [3.8, 4) is 11.8 Å². The van der Waals surface area contributed by atoms with Gasteiger partial charge in [0.25, 0.3) is 11.8 Å². The summed E-state index contributed by atoms with van der Waals surface area (Å²) in [5.41, 5.74) is 0.0806. The number of halogens is 4. The molecule has 1 aliphatic rings. The molecule has 31 heavy (non-hydrogen) atoms. The van der Waals surface area contributed by atoms with E-state index in [0.717, 1.165) is 18.9 Å². The van der Waals surface area contributed by atoms with Crippen LogP contribution < -0.4 is 14.8 Å². The molecule has 0 aromatic carbocycles. The predicted octanol–water partition coefficient (Wildman–Crippen LogP) is 2.41. The van der Waals surface area contributed by atoms with Gasteiger partial charge in [0, 0.05) is 24.2 Å². The van der Waals surface area contributed by atoms with Crippen LogP contribution in [0.15, 0.2) is 18.3 Å². The number of Topliss-reactive ketones (excluding diaryl/α,β-unsaturated/α-hetero) is 1. The first-order valence-electron chi connectivity index (χ1n) is 9.22. The first-order chi connectivity index (χ1) is 14.7. The zero-order valence-corrected chi connectivity index (χ0v) is 16.3. The van der Waals surface area contributed by atoms with Crippen molar-refractivity contribution < 1.29 is 36.6 Å². The lowest BCUT2D eigenvalue weighted by Crippen LogP contribution is -2.25. The van der Waals surface area contributed by atoms with Gasteiger partial charge in [-0.3, -0.25) is 9.59 Å². The van der Waals surface area contributed by atoms with E-state index in [0.29, 0.717) is 0 Å². The second kappa shape index (κ2) is 9.23. The summed E-state index contributed by atoms with van der Waals surface area (Å²) < 4.78 is 60.1. The van der Waals surface area contributed by atoms with Crippen molar-refractivity contribution in [2.45, 2.75) is 32.0 Å². The second-order valence-electron chi connectivity index (χ2n) is 6.81. The highest BCUT2D eigenvalue weighted by atomic mass is 19.4. The van der Waals surface area contributed by atoms with Crippen LogP contribution in [0, 0.1) is 11.7 Å². The molecule has 2 aromatic heterocycles. The van der Waals surface area contributed by atoms with Gasteiger partial charge in [0.1, 0.15) is 17.3 Å². The van der Waals surface area contributed by atoms with Crippen LogP contribution in [-0.2, 0) is 17.8 Å². The zero-order valence-electron chi connectivity index (χ0n) is 16.3. The maximum absolute atomic E-state index is 14.1. The molecule has 8 nitrogen and oxygen atoms in total. The molecule has 0 spiro atoms. The summed E-state index contributed by atoms with van der Waals surface area (Å²) >= 11 is 0. The van der Waals surface area contributed by atoms with E-state index < -0.39 is 30.4 Å². The van der Waals surface area contributed by atoms with Crippen LogP contribution in [0.25, 0.3) is 0 Å². The van der Waals surface area contributed by atoms with Crippen molar-refractivity contribution in [3.05, 3.63) is 41.2 Å². The van der Waals surface area contributed by atoms with Gasteiger partial charge in [-0.1, -0.05) is 0 Å². The molecule has 1 amide bonds. The van der Waals surface area contributed by atoms with Crippen molar-refractivity contribution in [1.82, 2.24) is 20.3 Å². The van der Waals surface area contributed by atoms with Crippen molar-refractivity contribution in [2.24, 2.45) is 5.92 Å². The quantitative estimate of drug-likeness (QED) is 0.595. The van der Waals surface area contributed by atoms with Crippen LogP contribution in [-0.4, -0.2) is 46.5 Å². The number of amides is 1. The molecule has 1 aliphatic carbocycles.